The van der Waals surface area contributed by atoms with Crippen molar-refractivity contribution < 1.29 is 0 Å². The van der Waals surface area contributed by atoms with Gasteiger partial charge >= 0.3 is 0 Å². The van der Waals surface area contributed by atoms with Crippen LogP contribution in [0, 0.1) is 0 Å². The van der Waals surface area contributed by atoms with Gasteiger partial charge in [-0.1, -0.05) is 155 Å². The highest BCUT2D eigenvalue weighted by atomic mass is 15.1. The van der Waals surface area contributed by atoms with Gasteiger partial charge in [0.05, 0.1) is 5.69 Å². The standard InChI is InChI=1S/C54H43N/c1-53(2)48-19-11-9-16-43(48)45-27-24-37(31-50(45)53)34-21-22-36-30-39(25-23-35(36)29-34)55(52-32-38-13-5-6-14-41(38)42-15-7-8-18-47(42)52)40-26-28-46-44-17-10-12-20-49(44)54(3,4)51(46)33-40/h5-20,23-33H,21-22H2,1-4H3. The van der Waals surface area contributed by atoms with Gasteiger partial charge in [0.2, 0.25) is 0 Å². The molecule has 11 rings (SSSR count). The Hall–Kier alpha value is -6.18. The van der Waals surface area contributed by atoms with Crippen molar-refractivity contribution >= 4 is 50.3 Å². The molecule has 0 aliphatic heterocycles. The number of benzene rings is 8. The third-order valence-electron chi connectivity index (χ3n) is 13.1. The number of aryl methyl sites for hydroxylation is 1. The minimum Gasteiger partial charge on any atom is -0.310 e. The first-order chi connectivity index (χ1) is 26.8. The summed E-state index contributed by atoms with van der Waals surface area (Å²) in [5, 5.41) is 5.07. The van der Waals surface area contributed by atoms with E-state index in [9.17, 15) is 0 Å². The van der Waals surface area contributed by atoms with Crippen molar-refractivity contribution in [1.29, 1.82) is 0 Å². The lowest BCUT2D eigenvalue weighted by atomic mass is 9.80. The van der Waals surface area contributed by atoms with Gasteiger partial charge in [-0.25, -0.2) is 0 Å². The highest BCUT2D eigenvalue weighted by Crippen LogP contribution is 2.52. The van der Waals surface area contributed by atoms with Crippen LogP contribution in [0.3, 0.4) is 0 Å². The molecule has 0 aromatic heterocycles. The number of rotatable bonds is 4. The van der Waals surface area contributed by atoms with E-state index in [1.165, 1.54) is 105 Å². The Balaban J connectivity index is 1.05. The lowest BCUT2D eigenvalue weighted by Gasteiger charge is -2.30. The number of nitrogens with zero attached hydrogens (tertiary/aromatic N) is 1. The summed E-state index contributed by atoms with van der Waals surface area (Å²) in [5.41, 5.74) is 20.1. The summed E-state index contributed by atoms with van der Waals surface area (Å²) in [6.45, 7) is 9.50. The summed E-state index contributed by atoms with van der Waals surface area (Å²) >= 11 is 0. The SMILES string of the molecule is CC1(C)c2ccccc2-c2ccc(C3=Cc4ccc(N(c5ccc6c(c5)C(C)(C)c5ccccc5-6)c5cc6ccccc6c6ccccc56)cc4CC3)cc21. The molecule has 0 saturated heterocycles. The maximum Gasteiger partial charge on any atom is 0.0546 e. The summed E-state index contributed by atoms with van der Waals surface area (Å²) in [6.07, 6.45) is 4.48. The normalized spacial score (nSPS) is 15.5. The van der Waals surface area contributed by atoms with Gasteiger partial charge in [0, 0.05) is 27.6 Å². The van der Waals surface area contributed by atoms with E-state index in [0.717, 1.165) is 12.8 Å². The van der Waals surface area contributed by atoms with Crippen LogP contribution in [0.5, 0.6) is 0 Å². The van der Waals surface area contributed by atoms with Crippen LogP contribution < -0.4 is 4.90 Å². The van der Waals surface area contributed by atoms with E-state index in [2.05, 4.69) is 196 Å². The molecule has 55 heavy (non-hydrogen) atoms. The molecule has 0 amide bonds. The predicted molar refractivity (Wildman–Crippen MR) is 234 cm³/mol. The molecule has 1 nitrogen and oxygen atoms in total. The molecule has 3 aliphatic carbocycles. The predicted octanol–water partition coefficient (Wildman–Crippen LogP) is 14.6. The molecule has 0 bridgehead atoms. The highest BCUT2D eigenvalue weighted by Gasteiger charge is 2.37. The number of fused-ring (bicyclic) bond motifs is 10. The molecular weight excluding hydrogens is 663 g/mol. The topological polar surface area (TPSA) is 3.24 Å². The minimum atomic E-state index is -0.0916. The van der Waals surface area contributed by atoms with Crippen molar-refractivity contribution in [2.45, 2.75) is 51.4 Å². The van der Waals surface area contributed by atoms with Crippen LogP contribution in [0.2, 0.25) is 0 Å². The molecular formula is C54H43N. The van der Waals surface area contributed by atoms with Gasteiger partial charge in [-0.05, 0) is 132 Å². The highest BCUT2D eigenvalue weighted by molar-refractivity contribution is 6.14. The Labute approximate surface area is 324 Å². The average molecular weight is 706 g/mol. The first kappa shape index (κ1) is 32.3. The molecule has 1 heteroatoms. The molecule has 8 aromatic rings. The zero-order chi connectivity index (χ0) is 37.1. The van der Waals surface area contributed by atoms with Gasteiger partial charge in [0.1, 0.15) is 0 Å². The number of hydrogen-bond acceptors (Lipinski definition) is 1. The van der Waals surface area contributed by atoms with Gasteiger partial charge in [-0.15, -0.1) is 0 Å². The lowest BCUT2D eigenvalue weighted by Crippen LogP contribution is -2.17. The maximum absolute atomic E-state index is 2.52. The lowest BCUT2D eigenvalue weighted by molar-refractivity contribution is 0.660. The second-order valence-corrected chi connectivity index (χ2v) is 16.9. The number of allylic oxidation sites excluding steroid dienone is 1. The van der Waals surface area contributed by atoms with E-state index in [4.69, 9.17) is 0 Å². The smallest absolute Gasteiger partial charge is 0.0546 e. The molecule has 0 spiro atoms. The van der Waals surface area contributed by atoms with Gasteiger partial charge < -0.3 is 4.90 Å². The van der Waals surface area contributed by atoms with Gasteiger partial charge in [-0.2, -0.15) is 0 Å². The van der Waals surface area contributed by atoms with E-state index in [1.807, 2.05) is 0 Å². The van der Waals surface area contributed by atoms with Crippen LogP contribution in [0.1, 0.15) is 73.1 Å². The second kappa shape index (κ2) is 11.7. The fraction of sp³-hybridized carbons (Fsp3) is 0.148. The van der Waals surface area contributed by atoms with Crippen molar-refractivity contribution in [1.82, 2.24) is 0 Å². The Morgan fingerprint density at radius 1 is 0.436 bits per heavy atom. The fourth-order valence-corrected chi connectivity index (χ4v) is 10.2. The van der Waals surface area contributed by atoms with Crippen molar-refractivity contribution in [2.24, 2.45) is 0 Å². The summed E-state index contributed by atoms with van der Waals surface area (Å²) in [6, 6.07) is 59.5. The Morgan fingerprint density at radius 2 is 1.00 bits per heavy atom. The summed E-state index contributed by atoms with van der Waals surface area (Å²) in [7, 11) is 0. The monoisotopic (exact) mass is 705 g/mol. The first-order valence-electron chi connectivity index (χ1n) is 19.8. The van der Waals surface area contributed by atoms with E-state index >= 15 is 0 Å². The molecule has 0 fully saturated rings. The Morgan fingerprint density at radius 3 is 1.75 bits per heavy atom. The largest absolute Gasteiger partial charge is 0.310 e. The van der Waals surface area contributed by atoms with Crippen LogP contribution >= 0.6 is 0 Å². The molecule has 0 atom stereocenters. The number of anilines is 3. The zero-order valence-electron chi connectivity index (χ0n) is 31.9. The van der Waals surface area contributed by atoms with Gasteiger partial charge in [-0.3, -0.25) is 0 Å². The Bertz CT molecular complexity index is 2940. The molecule has 264 valence electrons. The second-order valence-electron chi connectivity index (χ2n) is 16.9. The molecule has 0 N–H and O–H groups in total. The third kappa shape index (κ3) is 4.72. The molecule has 0 radical (unpaired) electrons. The van der Waals surface area contributed by atoms with Crippen LogP contribution in [-0.2, 0) is 17.3 Å². The van der Waals surface area contributed by atoms with Crippen molar-refractivity contribution in [2.75, 3.05) is 4.90 Å². The third-order valence-corrected chi connectivity index (χ3v) is 13.1. The maximum atomic E-state index is 2.52. The molecule has 0 heterocycles. The van der Waals surface area contributed by atoms with Crippen molar-refractivity contribution in [3.8, 4) is 22.3 Å². The minimum absolute atomic E-state index is 0.00404. The van der Waals surface area contributed by atoms with E-state index < -0.39 is 0 Å². The molecule has 8 aromatic carbocycles. The summed E-state index contributed by atoms with van der Waals surface area (Å²) in [4.78, 5) is 2.52. The zero-order valence-corrected chi connectivity index (χ0v) is 31.9. The van der Waals surface area contributed by atoms with Crippen LogP contribution in [-0.4, -0.2) is 0 Å². The van der Waals surface area contributed by atoms with Crippen LogP contribution in [0.15, 0.2) is 158 Å². The molecule has 0 saturated carbocycles. The quantitative estimate of drug-likeness (QED) is 0.165. The van der Waals surface area contributed by atoms with E-state index in [1.54, 1.807) is 0 Å². The number of hydrogen-bond donors (Lipinski definition) is 0. The molecule has 0 unspecified atom stereocenters. The summed E-state index contributed by atoms with van der Waals surface area (Å²) < 4.78 is 0. The first-order valence-corrected chi connectivity index (χ1v) is 19.8. The summed E-state index contributed by atoms with van der Waals surface area (Å²) in [5.74, 6) is 0. The van der Waals surface area contributed by atoms with Crippen molar-refractivity contribution in [3.63, 3.8) is 0 Å². The average Bonchev–Trinajstić information content (AvgIpc) is 3.60. The van der Waals surface area contributed by atoms with Crippen molar-refractivity contribution in [3.05, 3.63) is 197 Å². The van der Waals surface area contributed by atoms with E-state index in [-0.39, 0.29) is 10.8 Å². The van der Waals surface area contributed by atoms with Crippen LogP contribution in [0.4, 0.5) is 17.1 Å². The van der Waals surface area contributed by atoms with Gasteiger partial charge in [0.15, 0.2) is 0 Å². The molecule has 3 aliphatic rings. The van der Waals surface area contributed by atoms with E-state index in [0.29, 0.717) is 0 Å². The van der Waals surface area contributed by atoms with Gasteiger partial charge in [0.25, 0.3) is 0 Å². The van der Waals surface area contributed by atoms with Crippen LogP contribution in [0.25, 0.3) is 55.4 Å². The fourth-order valence-electron chi connectivity index (χ4n) is 10.2. The Kier molecular flexibility index (Phi) is 6.84.